The van der Waals surface area contributed by atoms with Crippen LogP contribution in [0.4, 0.5) is 17.3 Å². The largest absolute Gasteiger partial charge is 0.361 e. The second-order valence-corrected chi connectivity index (χ2v) is 8.76. The number of benzene rings is 1. The summed E-state index contributed by atoms with van der Waals surface area (Å²) >= 11 is 3.44. The van der Waals surface area contributed by atoms with Crippen LogP contribution in [0, 0.1) is 5.92 Å². The van der Waals surface area contributed by atoms with Gasteiger partial charge < -0.3 is 19.6 Å². The third-order valence-electron chi connectivity index (χ3n) is 5.60. The molecule has 2 aliphatic rings. The average Bonchev–Trinajstić information content (AvgIpc) is 3.15. The lowest BCUT2D eigenvalue weighted by Gasteiger charge is -2.36. The van der Waals surface area contributed by atoms with Crippen molar-refractivity contribution in [2.75, 3.05) is 61.5 Å². The summed E-state index contributed by atoms with van der Waals surface area (Å²) in [5.41, 5.74) is 0.828. The molecule has 2 amide bonds. The molecule has 1 aromatic carbocycles. The molecule has 1 aromatic heterocycles. The Balaban J connectivity index is 1.35. The molecule has 0 N–H and O–H groups in total. The number of rotatable bonds is 4. The number of amides is 2. The number of nitrogens with zero attached hydrogens (tertiary/aromatic N) is 6. The summed E-state index contributed by atoms with van der Waals surface area (Å²) in [5, 5.41) is 8.54. The van der Waals surface area contributed by atoms with Gasteiger partial charge in [0, 0.05) is 63.4 Å². The molecule has 8 nitrogen and oxygen atoms in total. The second kappa shape index (κ2) is 8.59. The fourth-order valence-electron chi connectivity index (χ4n) is 3.91. The van der Waals surface area contributed by atoms with Crippen LogP contribution >= 0.6 is 15.9 Å². The zero-order valence-electron chi connectivity index (χ0n) is 17.2. The molecule has 2 aliphatic heterocycles. The van der Waals surface area contributed by atoms with Gasteiger partial charge in [-0.15, -0.1) is 10.2 Å². The maximum atomic E-state index is 13.0. The molecule has 158 valence electrons. The van der Waals surface area contributed by atoms with Crippen LogP contribution in [0.1, 0.15) is 6.42 Å². The van der Waals surface area contributed by atoms with Crippen LogP contribution in [-0.2, 0) is 9.59 Å². The number of carbonyl (C=O) groups is 2. The van der Waals surface area contributed by atoms with E-state index in [9.17, 15) is 9.59 Å². The highest BCUT2D eigenvalue weighted by Crippen LogP contribution is 2.28. The Hall–Kier alpha value is -2.68. The number of piperazine rings is 1. The zero-order valence-corrected chi connectivity index (χ0v) is 18.7. The SMILES string of the molecule is CN(C)c1ccc(N2CCN(C(=O)C3CC(=O)N(c4cccc(Br)c4)C3)CC2)nn1. The van der Waals surface area contributed by atoms with E-state index in [1.54, 1.807) is 4.90 Å². The first-order chi connectivity index (χ1) is 14.4. The second-order valence-electron chi connectivity index (χ2n) is 7.84. The molecule has 0 aliphatic carbocycles. The van der Waals surface area contributed by atoms with E-state index in [2.05, 4.69) is 31.0 Å². The van der Waals surface area contributed by atoms with Crippen molar-refractivity contribution in [2.45, 2.75) is 6.42 Å². The smallest absolute Gasteiger partial charge is 0.228 e. The van der Waals surface area contributed by atoms with Crippen LogP contribution in [0.25, 0.3) is 0 Å². The zero-order chi connectivity index (χ0) is 21.3. The van der Waals surface area contributed by atoms with E-state index in [0.29, 0.717) is 32.7 Å². The van der Waals surface area contributed by atoms with Gasteiger partial charge in [0.1, 0.15) is 0 Å². The summed E-state index contributed by atoms with van der Waals surface area (Å²) in [6, 6.07) is 11.5. The Morgan fingerprint density at radius 3 is 2.50 bits per heavy atom. The van der Waals surface area contributed by atoms with E-state index < -0.39 is 0 Å². The maximum Gasteiger partial charge on any atom is 0.228 e. The standard InChI is InChI=1S/C21H25BrN6O2/c1-25(2)18-6-7-19(24-23-18)26-8-10-27(11-9-26)21(30)15-12-20(29)28(14-15)17-5-3-4-16(22)13-17/h3-7,13,15H,8-12,14H2,1-2H3. The molecule has 2 fully saturated rings. The lowest BCUT2D eigenvalue weighted by atomic mass is 10.1. The molecule has 30 heavy (non-hydrogen) atoms. The lowest BCUT2D eigenvalue weighted by Crippen LogP contribution is -2.51. The van der Waals surface area contributed by atoms with Crippen LogP contribution in [0.15, 0.2) is 40.9 Å². The molecule has 0 radical (unpaired) electrons. The number of aromatic nitrogens is 2. The molecule has 1 unspecified atom stereocenters. The summed E-state index contributed by atoms with van der Waals surface area (Å²) in [4.78, 5) is 33.2. The predicted octanol–water partition coefficient (Wildman–Crippen LogP) is 2.01. The number of halogens is 1. The molecular weight excluding hydrogens is 448 g/mol. The first kappa shape index (κ1) is 20.6. The van der Waals surface area contributed by atoms with Crippen LogP contribution < -0.4 is 14.7 Å². The number of hydrogen-bond donors (Lipinski definition) is 0. The predicted molar refractivity (Wildman–Crippen MR) is 120 cm³/mol. The number of carbonyl (C=O) groups excluding carboxylic acids is 2. The Morgan fingerprint density at radius 1 is 1.10 bits per heavy atom. The van der Waals surface area contributed by atoms with Gasteiger partial charge in [0.05, 0.1) is 5.92 Å². The molecule has 3 heterocycles. The van der Waals surface area contributed by atoms with E-state index in [1.165, 1.54) is 0 Å². The highest BCUT2D eigenvalue weighted by atomic mass is 79.9. The van der Waals surface area contributed by atoms with Gasteiger partial charge in [0.15, 0.2) is 11.6 Å². The Morgan fingerprint density at radius 2 is 1.87 bits per heavy atom. The van der Waals surface area contributed by atoms with Gasteiger partial charge in [-0.1, -0.05) is 22.0 Å². The molecular formula is C21H25BrN6O2. The van der Waals surface area contributed by atoms with Gasteiger partial charge in [-0.05, 0) is 30.3 Å². The highest BCUT2D eigenvalue weighted by Gasteiger charge is 2.38. The van der Waals surface area contributed by atoms with Gasteiger partial charge >= 0.3 is 0 Å². The van der Waals surface area contributed by atoms with Crippen LogP contribution in [0.2, 0.25) is 0 Å². The summed E-state index contributed by atoms with van der Waals surface area (Å²) in [5.74, 6) is 1.41. The summed E-state index contributed by atoms with van der Waals surface area (Å²) in [6.45, 7) is 3.09. The van der Waals surface area contributed by atoms with Gasteiger partial charge in [0.2, 0.25) is 11.8 Å². The quantitative estimate of drug-likeness (QED) is 0.677. The summed E-state index contributed by atoms with van der Waals surface area (Å²) in [7, 11) is 3.86. The topological polar surface area (TPSA) is 72.9 Å². The van der Waals surface area contributed by atoms with E-state index >= 15 is 0 Å². The van der Waals surface area contributed by atoms with Crippen molar-refractivity contribution >= 4 is 45.1 Å². The van der Waals surface area contributed by atoms with E-state index in [4.69, 9.17) is 0 Å². The van der Waals surface area contributed by atoms with Crippen LogP contribution in [0.5, 0.6) is 0 Å². The third kappa shape index (κ3) is 4.26. The maximum absolute atomic E-state index is 13.0. The van der Waals surface area contributed by atoms with Gasteiger partial charge in [0.25, 0.3) is 0 Å². The summed E-state index contributed by atoms with van der Waals surface area (Å²) in [6.07, 6.45) is 0.267. The average molecular weight is 473 g/mol. The highest BCUT2D eigenvalue weighted by molar-refractivity contribution is 9.10. The molecule has 0 bridgehead atoms. The van der Waals surface area contributed by atoms with E-state index in [1.807, 2.05) is 60.3 Å². The molecule has 2 saturated heterocycles. The van der Waals surface area contributed by atoms with Crippen molar-refractivity contribution < 1.29 is 9.59 Å². The van der Waals surface area contributed by atoms with Crippen LogP contribution in [0.3, 0.4) is 0 Å². The molecule has 0 spiro atoms. The normalized spacial score (nSPS) is 19.4. The van der Waals surface area contributed by atoms with E-state index in [-0.39, 0.29) is 24.2 Å². The van der Waals surface area contributed by atoms with Gasteiger partial charge in [-0.3, -0.25) is 9.59 Å². The van der Waals surface area contributed by atoms with Crippen molar-refractivity contribution in [3.05, 3.63) is 40.9 Å². The van der Waals surface area contributed by atoms with Gasteiger partial charge in [-0.25, -0.2) is 0 Å². The monoisotopic (exact) mass is 472 g/mol. The summed E-state index contributed by atoms with van der Waals surface area (Å²) < 4.78 is 0.917. The molecule has 4 rings (SSSR count). The Labute approximate surface area is 184 Å². The van der Waals surface area contributed by atoms with Crippen LogP contribution in [-0.4, -0.2) is 73.7 Å². The third-order valence-corrected chi connectivity index (χ3v) is 6.10. The van der Waals surface area contributed by atoms with Crippen molar-refractivity contribution in [1.82, 2.24) is 15.1 Å². The lowest BCUT2D eigenvalue weighted by molar-refractivity contribution is -0.136. The Kier molecular flexibility index (Phi) is 5.90. The fraction of sp³-hybridized carbons (Fsp3) is 0.429. The molecule has 2 aromatic rings. The number of hydrogen-bond acceptors (Lipinski definition) is 6. The first-order valence-corrected chi connectivity index (χ1v) is 10.8. The minimum Gasteiger partial charge on any atom is -0.361 e. The van der Waals surface area contributed by atoms with Crippen molar-refractivity contribution in [1.29, 1.82) is 0 Å². The minimum atomic E-state index is -0.290. The Bertz CT molecular complexity index is 927. The molecule has 1 atom stereocenters. The van der Waals surface area contributed by atoms with Crippen molar-refractivity contribution in [3.8, 4) is 0 Å². The molecule has 9 heteroatoms. The molecule has 0 saturated carbocycles. The van der Waals surface area contributed by atoms with Crippen molar-refractivity contribution in [3.63, 3.8) is 0 Å². The van der Waals surface area contributed by atoms with E-state index in [0.717, 1.165) is 21.8 Å². The fourth-order valence-corrected chi connectivity index (χ4v) is 4.29. The first-order valence-electron chi connectivity index (χ1n) is 10.0. The van der Waals surface area contributed by atoms with Gasteiger partial charge in [-0.2, -0.15) is 0 Å². The van der Waals surface area contributed by atoms with Crippen molar-refractivity contribution in [2.24, 2.45) is 5.92 Å². The minimum absolute atomic E-state index is 0.00124. The number of anilines is 3.